The Balaban J connectivity index is 2.46. The Kier molecular flexibility index (Phi) is 2.07. The lowest BCUT2D eigenvalue weighted by atomic mass is 9.93. The maximum atomic E-state index is 12.7. The van der Waals surface area contributed by atoms with Crippen molar-refractivity contribution in [2.75, 3.05) is 0 Å². The van der Waals surface area contributed by atoms with E-state index in [1.165, 1.54) is 12.1 Å². The molecule has 1 N–H and O–H groups in total. The molecule has 0 saturated carbocycles. The minimum atomic E-state index is -0.919. The third-order valence-electron chi connectivity index (χ3n) is 2.53. The minimum Gasteiger partial charge on any atom is -0.312 e. The molecule has 0 spiro atoms. The van der Waals surface area contributed by atoms with Crippen molar-refractivity contribution < 1.29 is 9.18 Å². The van der Waals surface area contributed by atoms with Gasteiger partial charge in [0, 0.05) is 0 Å². The molecular weight excluding hydrogens is 195 g/mol. The molecule has 0 fully saturated rings. The SMILES string of the molecule is CC1=N[C@@](C)(c2ccc(F)cc2)C(=O)N1. The summed E-state index contributed by atoms with van der Waals surface area (Å²) in [6.07, 6.45) is 0. The van der Waals surface area contributed by atoms with Gasteiger partial charge in [-0.1, -0.05) is 12.1 Å². The molecular formula is C11H11FN2O. The standard InChI is InChI=1S/C11H11FN2O/c1-7-13-10(15)11(2,14-7)8-3-5-9(12)6-4-8/h3-6H,1-2H3,(H,13,14,15)/t11-/m0/s1. The summed E-state index contributed by atoms with van der Waals surface area (Å²) in [4.78, 5) is 15.9. The van der Waals surface area contributed by atoms with Gasteiger partial charge in [0.25, 0.3) is 5.91 Å². The number of hydrogen-bond donors (Lipinski definition) is 1. The van der Waals surface area contributed by atoms with E-state index in [-0.39, 0.29) is 11.7 Å². The Hall–Kier alpha value is -1.71. The zero-order valence-corrected chi connectivity index (χ0v) is 8.54. The first-order valence-electron chi connectivity index (χ1n) is 4.66. The Bertz CT molecular complexity index is 438. The van der Waals surface area contributed by atoms with E-state index in [9.17, 15) is 9.18 Å². The van der Waals surface area contributed by atoms with Crippen LogP contribution in [0.3, 0.4) is 0 Å². The van der Waals surface area contributed by atoms with E-state index in [0.717, 1.165) is 0 Å². The van der Waals surface area contributed by atoms with Crippen molar-refractivity contribution in [3.63, 3.8) is 0 Å². The molecule has 0 saturated heterocycles. The fraction of sp³-hybridized carbons (Fsp3) is 0.273. The van der Waals surface area contributed by atoms with Crippen molar-refractivity contribution >= 4 is 11.7 Å². The highest BCUT2D eigenvalue weighted by Gasteiger charge is 2.39. The Labute approximate surface area is 87.0 Å². The molecule has 0 aliphatic carbocycles. The molecule has 0 bridgehead atoms. The van der Waals surface area contributed by atoms with Gasteiger partial charge in [0.2, 0.25) is 0 Å². The molecule has 15 heavy (non-hydrogen) atoms. The number of carbonyl (C=O) groups excluding carboxylic acids is 1. The van der Waals surface area contributed by atoms with Crippen molar-refractivity contribution in [1.82, 2.24) is 5.32 Å². The largest absolute Gasteiger partial charge is 0.312 e. The highest BCUT2D eigenvalue weighted by Crippen LogP contribution is 2.28. The van der Waals surface area contributed by atoms with Gasteiger partial charge in [-0.05, 0) is 31.5 Å². The lowest BCUT2D eigenvalue weighted by molar-refractivity contribution is -0.123. The highest BCUT2D eigenvalue weighted by molar-refractivity contribution is 6.07. The normalized spacial score (nSPS) is 25.0. The zero-order valence-electron chi connectivity index (χ0n) is 8.54. The highest BCUT2D eigenvalue weighted by atomic mass is 19.1. The molecule has 0 radical (unpaired) electrons. The van der Waals surface area contributed by atoms with Crippen LogP contribution in [0, 0.1) is 5.82 Å². The van der Waals surface area contributed by atoms with Gasteiger partial charge < -0.3 is 5.32 Å². The first-order valence-corrected chi connectivity index (χ1v) is 4.66. The smallest absolute Gasteiger partial charge is 0.257 e. The van der Waals surface area contributed by atoms with Gasteiger partial charge in [0.1, 0.15) is 11.7 Å². The van der Waals surface area contributed by atoms with Crippen LogP contribution in [0.1, 0.15) is 19.4 Å². The molecule has 2 rings (SSSR count). The fourth-order valence-electron chi connectivity index (χ4n) is 1.67. The number of amides is 1. The topological polar surface area (TPSA) is 41.5 Å². The van der Waals surface area contributed by atoms with E-state index >= 15 is 0 Å². The predicted octanol–water partition coefficient (Wildman–Crippen LogP) is 1.59. The van der Waals surface area contributed by atoms with Crippen molar-refractivity contribution in [3.8, 4) is 0 Å². The minimum absolute atomic E-state index is 0.174. The summed E-state index contributed by atoms with van der Waals surface area (Å²) >= 11 is 0. The molecule has 0 aromatic heterocycles. The maximum absolute atomic E-state index is 12.7. The molecule has 1 amide bonds. The summed E-state index contributed by atoms with van der Waals surface area (Å²) in [7, 11) is 0. The molecule has 78 valence electrons. The van der Waals surface area contributed by atoms with Crippen LogP contribution >= 0.6 is 0 Å². The van der Waals surface area contributed by atoms with Crippen molar-refractivity contribution in [2.45, 2.75) is 19.4 Å². The van der Waals surface area contributed by atoms with Gasteiger partial charge in [-0.15, -0.1) is 0 Å². The van der Waals surface area contributed by atoms with E-state index in [1.54, 1.807) is 26.0 Å². The zero-order chi connectivity index (χ0) is 11.1. The number of amidine groups is 1. The van der Waals surface area contributed by atoms with E-state index in [4.69, 9.17) is 0 Å². The monoisotopic (exact) mass is 206 g/mol. The molecule has 1 aliphatic rings. The van der Waals surface area contributed by atoms with Gasteiger partial charge in [-0.3, -0.25) is 9.79 Å². The molecule has 1 atom stereocenters. The summed E-state index contributed by atoms with van der Waals surface area (Å²) in [5, 5.41) is 2.64. The second-order valence-corrected chi connectivity index (χ2v) is 3.73. The van der Waals surface area contributed by atoms with Crippen LogP contribution in [-0.4, -0.2) is 11.7 Å². The van der Waals surface area contributed by atoms with Crippen molar-refractivity contribution in [1.29, 1.82) is 0 Å². The molecule has 0 unspecified atom stereocenters. The van der Waals surface area contributed by atoms with E-state index < -0.39 is 5.54 Å². The Morgan fingerprint density at radius 3 is 2.40 bits per heavy atom. The van der Waals surface area contributed by atoms with Crippen LogP contribution in [0.5, 0.6) is 0 Å². The van der Waals surface area contributed by atoms with E-state index in [1.807, 2.05) is 0 Å². The fourth-order valence-corrected chi connectivity index (χ4v) is 1.67. The van der Waals surface area contributed by atoms with Crippen LogP contribution in [0.4, 0.5) is 4.39 Å². The molecule has 4 heteroatoms. The van der Waals surface area contributed by atoms with Gasteiger partial charge in [-0.25, -0.2) is 4.39 Å². The van der Waals surface area contributed by atoms with Crippen LogP contribution in [0.2, 0.25) is 0 Å². The summed E-state index contributed by atoms with van der Waals surface area (Å²) in [5.41, 5.74) is -0.226. The number of nitrogens with zero attached hydrogens (tertiary/aromatic N) is 1. The molecule has 1 aromatic rings. The number of hydrogen-bond acceptors (Lipinski definition) is 2. The van der Waals surface area contributed by atoms with Crippen molar-refractivity contribution in [3.05, 3.63) is 35.6 Å². The summed E-state index contributed by atoms with van der Waals surface area (Å²) in [6.45, 7) is 3.44. The maximum Gasteiger partial charge on any atom is 0.257 e. The molecule has 1 aromatic carbocycles. The predicted molar refractivity (Wildman–Crippen MR) is 55.0 cm³/mol. The Morgan fingerprint density at radius 1 is 1.33 bits per heavy atom. The van der Waals surface area contributed by atoms with E-state index in [2.05, 4.69) is 10.3 Å². The lowest BCUT2D eigenvalue weighted by Gasteiger charge is -2.17. The average molecular weight is 206 g/mol. The first-order chi connectivity index (χ1) is 7.02. The summed E-state index contributed by atoms with van der Waals surface area (Å²) in [5.74, 6) is 0.0971. The van der Waals surface area contributed by atoms with Crippen LogP contribution < -0.4 is 5.32 Å². The van der Waals surface area contributed by atoms with Gasteiger partial charge in [0.05, 0.1) is 0 Å². The molecule has 1 heterocycles. The third kappa shape index (κ3) is 1.52. The number of halogens is 1. The van der Waals surface area contributed by atoms with Gasteiger partial charge in [-0.2, -0.15) is 0 Å². The quantitative estimate of drug-likeness (QED) is 0.744. The number of rotatable bonds is 1. The van der Waals surface area contributed by atoms with Crippen LogP contribution in [0.25, 0.3) is 0 Å². The summed E-state index contributed by atoms with van der Waals surface area (Å²) in [6, 6.07) is 5.82. The molecule has 3 nitrogen and oxygen atoms in total. The van der Waals surface area contributed by atoms with Gasteiger partial charge in [0.15, 0.2) is 5.54 Å². The van der Waals surface area contributed by atoms with Crippen LogP contribution in [-0.2, 0) is 10.3 Å². The lowest BCUT2D eigenvalue weighted by Crippen LogP contribution is -2.34. The third-order valence-corrected chi connectivity index (χ3v) is 2.53. The number of aliphatic imine (C=N–C) groups is 1. The average Bonchev–Trinajstić information content (AvgIpc) is 2.42. The number of nitrogens with one attached hydrogen (secondary N) is 1. The van der Waals surface area contributed by atoms with Crippen molar-refractivity contribution in [2.24, 2.45) is 4.99 Å². The van der Waals surface area contributed by atoms with Crippen LogP contribution in [0.15, 0.2) is 29.3 Å². The second kappa shape index (κ2) is 3.15. The molecule has 1 aliphatic heterocycles. The first kappa shape index (κ1) is 9.83. The number of carbonyl (C=O) groups is 1. The van der Waals surface area contributed by atoms with Gasteiger partial charge >= 0.3 is 0 Å². The number of benzene rings is 1. The van der Waals surface area contributed by atoms with E-state index in [0.29, 0.717) is 11.4 Å². The summed E-state index contributed by atoms with van der Waals surface area (Å²) < 4.78 is 12.7. The Morgan fingerprint density at radius 2 is 1.93 bits per heavy atom. The second-order valence-electron chi connectivity index (χ2n) is 3.73.